The summed E-state index contributed by atoms with van der Waals surface area (Å²) in [6.07, 6.45) is -0.855. The largest absolute Gasteiger partial charge is 0.304 e. The summed E-state index contributed by atoms with van der Waals surface area (Å²) >= 11 is 0.545. The van der Waals surface area contributed by atoms with Crippen molar-refractivity contribution in [3.63, 3.8) is 0 Å². The molecule has 0 unspecified atom stereocenters. The Hall–Kier alpha value is -1.64. The maximum Gasteiger partial charge on any atom is 0.242 e. The first kappa shape index (κ1) is 8.37. The molecule has 0 N–H and O–H groups in total. The molecule has 2 aromatic rings. The van der Waals surface area contributed by atoms with Gasteiger partial charge in [0.2, 0.25) is 10.0 Å². The molecule has 1 fully saturated rings. The van der Waals surface area contributed by atoms with E-state index in [-0.39, 0.29) is 14.7 Å². The number of rotatable bonds is 5. The van der Waals surface area contributed by atoms with Crippen molar-refractivity contribution in [3.8, 4) is 0 Å². The summed E-state index contributed by atoms with van der Waals surface area (Å²) in [5.74, 6) is 0. The van der Waals surface area contributed by atoms with Gasteiger partial charge >= 0.3 is 0 Å². The Bertz CT molecular complexity index is 1870. The lowest BCUT2D eigenvalue weighted by atomic mass is 9.96. The van der Waals surface area contributed by atoms with Gasteiger partial charge in [-0.15, -0.1) is 0 Å². The zero-order valence-corrected chi connectivity index (χ0v) is 17.5. The average Bonchev–Trinajstić information content (AvgIpc) is 2.94. The minimum atomic E-state index is -4.60. The number of fused-ring (bicyclic) bond motifs is 2. The summed E-state index contributed by atoms with van der Waals surface area (Å²) < 4.78 is 186. The fourth-order valence-electron chi connectivity index (χ4n) is 2.58. The molecule has 5 nitrogen and oxygen atoms in total. The van der Waals surface area contributed by atoms with Crippen LogP contribution < -0.4 is 0 Å². The van der Waals surface area contributed by atoms with Crippen molar-refractivity contribution >= 4 is 27.4 Å². The molecule has 0 saturated carbocycles. The smallest absolute Gasteiger partial charge is 0.242 e. The van der Waals surface area contributed by atoms with Crippen LogP contribution in [0.15, 0.2) is 63.0 Å². The highest BCUT2D eigenvalue weighted by molar-refractivity contribution is 7.99. The summed E-state index contributed by atoms with van der Waals surface area (Å²) in [6.45, 7) is -19.2. The van der Waals surface area contributed by atoms with E-state index in [2.05, 4.69) is 0 Å². The second kappa shape index (κ2) is 8.85. The van der Waals surface area contributed by atoms with Gasteiger partial charge in [0.05, 0.1) is 15.9 Å². The molecule has 2 aliphatic rings. The second-order valence-electron chi connectivity index (χ2n) is 6.24. The van der Waals surface area contributed by atoms with Crippen LogP contribution in [0.5, 0.6) is 0 Å². The van der Waals surface area contributed by atoms with Crippen molar-refractivity contribution in [1.29, 1.82) is 0 Å². The Kier molecular flexibility index (Phi) is 2.47. The van der Waals surface area contributed by atoms with Gasteiger partial charge in [-0.25, -0.2) is 12.7 Å². The minimum Gasteiger partial charge on any atom is -0.304 e. The molecule has 4 rings (SSSR count). The van der Waals surface area contributed by atoms with Gasteiger partial charge in [-0.3, -0.25) is 0 Å². The van der Waals surface area contributed by atoms with Crippen molar-refractivity contribution in [2.45, 2.75) is 21.1 Å². The first-order valence-electron chi connectivity index (χ1n) is 18.1. The number of sulfonamides is 1. The van der Waals surface area contributed by atoms with Crippen molar-refractivity contribution in [2.24, 2.45) is 0 Å². The number of hydrogen-bond donors (Lipinski definition) is 0. The van der Waals surface area contributed by atoms with E-state index in [1.807, 2.05) is 0 Å². The third-order valence-corrected chi connectivity index (χ3v) is 6.78. The number of nitrogens with zero attached hydrogens (tertiary/aromatic N) is 3. The standard InChI is InChI=1S/C23H29N3O2S2/c1-24(2)30(27,28)18-10-11-23-21(17-18)19(20-7-4-5-9-22(20)29-23)8-6-12-26-15-13-25(3)14-16-26/h4-5,7-11,17H,6,12-16H2,1-3H3/b19-8-/i3D3,4D,5D,7D,8D,9D,10D,11D,13D2,14D2,15D2,16D2,17D. The second-order valence-corrected chi connectivity index (χ2v) is 9.35. The average molecular weight is 463 g/mol. The van der Waals surface area contributed by atoms with Gasteiger partial charge < -0.3 is 9.80 Å². The van der Waals surface area contributed by atoms with E-state index in [0.29, 0.717) is 16.1 Å². The van der Waals surface area contributed by atoms with Gasteiger partial charge in [-0.2, -0.15) is 0 Å². The van der Waals surface area contributed by atoms with Crippen LogP contribution in [0.25, 0.3) is 5.57 Å². The molecule has 0 bridgehead atoms. The maximum atomic E-state index is 13.3. The van der Waals surface area contributed by atoms with Crippen molar-refractivity contribution in [1.82, 2.24) is 14.1 Å². The van der Waals surface area contributed by atoms with Crippen molar-refractivity contribution in [3.05, 3.63) is 59.5 Å². The Morgan fingerprint density at radius 2 is 1.90 bits per heavy atom. The van der Waals surface area contributed by atoms with Crippen LogP contribution in [0, 0.1) is 0 Å². The molecule has 0 aromatic heterocycles. The zero-order valence-electron chi connectivity index (χ0n) is 34.9. The number of hydrogen-bond acceptors (Lipinski definition) is 5. The highest BCUT2D eigenvalue weighted by Crippen LogP contribution is 2.46. The molecule has 0 radical (unpaired) electrons. The Labute approximate surface area is 211 Å². The molecule has 2 aliphatic heterocycles. The predicted molar refractivity (Wildman–Crippen MR) is 124 cm³/mol. The lowest BCUT2D eigenvalue weighted by Crippen LogP contribution is -2.44. The van der Waals surface area contributed by atoms with Gasteiger partial charge in [0.1, 0.15) is 0 Å². The minimum absolute atomic E-state index is 0.0590. The summed E-state index contributed by atoms with van der Waals surface area (Å²) in [7, 11) is -2.39. The van der Waals surface area contributed by atoms with E-state index < -0.39 is 131 Å². The van der Waals surface area contributed by atoms with E-state index in [4.69, 9.17) is 26.0 Å². The number of benzene rings is 2. The van der Waals surface area contributed by atoms with Crippen LogP contribution in [0.4, 0.5) is 0 Å². The summed E-state index contributed by atoms with van der Waals surface area (Å²) in [5.41, 5.74) is -1.42. The highest BCUT2D eigenvalue weighted by Gasteiger charge is 2.25. The molecular formula is C23H29N3O2S2. The molecule has 2 aromatic carbocycles. The molecule has 0 amide bonds. The number of piperazine rings is 1. The number of likely N-dealkylation sites (N-methyl/N-ethyl adjacent to an activating group) is 1. The molecule has 30 heavy (non-hydrogen) atoms. The zero-order chi connectivity index (χ0) is 37.9. The maximum absolute atomic E-state index is 13.3. The topological polar surface area (TPSA) is 43.9 Å². The Morgan fingerprint density at radius 1 is 1.17 bits per heavy atom. The van der Waals surface area contributed by atoms with Crippen LogP contribution in [-0.2, 0) is 10.0 Å². The molecule has 160 valence electrons. The van der Waals surface area contributed by atoms with E-state index >= 15 is 0 Å². The first-order chi connectivity index (χ1) is 21.9. The molecule has 0 aliphatic carbocycles. The molecule has 0 spiro atoms. The molecule has 7 heteroatoms. The SMILES string of the molecule is [2H]/C(CCN1C([2H])([2H])C([2H])([2H])N(C([2H])([2H])[2H])C([2H])([2H])C1([2H])[2H])=C1\c2c([2H])c([2H])c([2H])c([2H])c2Sc2c([2H])c([2H])c(S(=O)(=O)N(C)C)c([2H])c21. The molecule has 1 saturated heterocycles. The summed E-state index contributed by atoms with van der Waals surface area (Å²) in [6, 6.07) is -6.17. The van der Waals surface area contributed by atoms with Crippen LogP contribution in [0.2, 0.25) is 0 Å². The van der Waals surface area contributed by atoms with Crippen LogP contribution in [-0.4, -0.2) is 76.1 Å². The lowest BCUT2D eigenvalue weighted by molar-refractivity contribution is 0.156. The summed E-state index contributed by atoms with van der Waals surface area (Å²) in [5, 5.41) is 0. The lowest BCUT2D eigenvalue weighted by Gasteiger charge is -2.32. The first-order valence-corrected chi connectivity index (χ1v) is 10.8. The molecule has 0 atom stereocenters. The molecule has 2 heterocycles. The van der Waals surface area contributed by atoms with E-state index in [0.717, 1.165) is 14.1 Å². The van der Waals surface area contributed by atoms with Crippen molar-refractivity contribution < 1.29 is 34.5 Å². The van der Waals surface area contributed by atoms with E-state index in [1.54, 1.807) is 0 Å². The normalized spacial score (nSPS) is 35.8. The third-order valence-electron chi connectivity index (χ3n) is 4.08. The summed E-state index contributed by atoms with van der Waals surface area (Å²) in [4.78, 5) is -1.97. The predicted octanol–water partition coefficient (Wildman–Crippen LogP) is 3.47. The highest BCUT2D eigenvalue weighted by atomic mass is 32.2. The Morgan fingerprint density at radius 3 is 2.63 bits per heavy atom. The van der Waals surface area contributed by atoms with Crippen molar-refractivity contribution in [2.75, 3.05) is 53.6 Å². The van der Waals surface area contributed by atoms with E-state index in [9.17, 15) is 8.42 Å². The fourth-order valence-corrected chi connectivity index (χ4v) is 4.28. The van der Waals surface area contributed by atoms with Gasteiger partial charge in [-0.05, 0) is 54.3 Å². The fraction of sp³-hybridized carbons (Fsp3) is 0.391. The van der Waals surface area contributed by atoms with Crippen LogP contribution in [0.1, 0.15) is 43.6 Å². The monoisotopic (exact) mass is 462 g/mol. The van der Waals surface area contributed by atoms with Gasteiger partial charge in [0.25, 0.3) is 0 Å². The van der Waals surface area contributed by atoms with Crippen LogP contribution in [0.3, 0.4) is 0 Å². The van der Waals surface area contributed by atoms with Gasteiger partial charge in [0.15, 0.2) is 0 Å². The molecular weight excluding hydrogens is 414 g/mol. The third kappa shape index (κ3) is 4.36. The van der Waals surface area contributed by atoms with Gasteiger partial charge in [0, 0.05) is 71.5 Å². The quantitative estimate of drug-likeness (QED) is 0.581. The van der Waals surface area contributed by atoms with E-state index in [1.165, 1.54) is 0 Å². The van der Waals surface area contributed by atoms with Gasteiger partial charge in [-0.1, -0.05) is 35.9 Å². The van der Waals surface area contributed by atoms with Crippen LogP contribution >= 0.6 is 11.8 Å². The Balaban J connectivity index is 2.05.